The normalized spacial score (nSPS) is 12.5. The number of nitrogens with two attached hydrogens (primary N) is 1. The number of aromatic nitrogens is 1. The van der Waals surface area contributed by atoms with Crippen LogP contribution in [-0.4, -0.2) is 24.3 Å². The molecule has 84 valence electrons. The summed E-state index contributed by atoms with van der Waals surface area (Å²) in [6, 6.07) is 1.76. The quantitative estimate of drug-likeness (QED) is 0.895. The van der Waals surface area contributed by atoms with E-state index >= 15 is 0 Å². The molecular weight excluding hydrogens is 260 g/mol. The molecular formula is C10H15BrN2O2. The van der Waals surface area contributed by atoms with Gasteiger partial charge in [-0.25, -0.2) is 4.98 Å². The van der Waals surface area contributed by atoms with Gasteiger partial charge >= 0.3 is 0 Å². The Kier molecular flexibility index (Phi) is 4.84. The van der Waals surface area contributed by atoms with Crippen molar-refractivity contribution in [2.75, 3.05) is 18.9 Å². The molecule has 15 heavy (non-hydrogen) atoms. The Morgan fingerprint density at radius 2 is 2.33 bits per heavy atom. The molecule has 0 amide bonds. The SMILES string of the molecule is CCOCC(C)Oc1ncc(Br)cc1N. The molecule has 2 N–H and O–H groups in total. The minimum absolute atomic E-state index is 0.0547. The lowest BCUT2D eigenvalue weighted by Crippen LogP contribution is -2.20. The number of nitrogens with zero attached hydrogens (tertiary/aromatic N) is 1. The van der Waals surface area contributed by atoms with Crippen LogP contribution >= 0.6 is 15.9 Å². The third-order valence-electron chi connectivity index (χ3n) is 1.71. The van der Waals surface area contributed by atoms with Crippen LogP contribution in [0.5, 0.6) is 5.88 Å². The predicted molar refractivity (Wildman–Crippen MR) is 62.9 cm³/mol. The molecule has 0 fully saturated rings. The van der Waals surface area contributed by atoms with E-state index in [-0.39, 0.29) is 6.10 Å². The molecule has 0 aliphatic heterocycles. The lowest BCUT2D eigenvalue weighted by molar-refractivity contribution is 0.0638. The van der Waals surface area contributed by atoms with Gasteiger partial charge in [0.2, 0.25) is 5.88 Å². The van der Waals surface area contributed by atoms with Crippen molar-refractivity contribution in [2.45, 2.75) is 20.0 Å². The van der Waals surface area contributed by atoms with Gasteiger partial charge in [-0.1, -0.05) is 0 Å². The van der Waals surface area contributed by atoms with Crippen molar-refractivity contribution in [1.82, 2.24) is 4.98 Å². The molecule has 0 saturated carbocycles. The molecule has 1 rings (SSSR count). The zero-order valence-electron chi connectivity index (χ0n) is 8.87. The van der Waals surface area contributed by atoms with Gasteiger partial charge in [0.15, 0.2) is 0 Å². The number of ether oxygens (including phenoxy) is 2. The average Bonchev–Trinajstić information content (AvgIpc) is 2.19. The molecule has 1 unspecified atom stereocenters. The second-order valence-corrected chi connectivity index (χ2v) is 4.05. The van der Waals surface area contributed by atoms with Gasteiger partial charge in [0.25, 0.3) is 0 Å². The lowest BCUT2D eigenvalue weighted by atomic mass is 10.4. The van der Waals surface area contributed by atoms with Crippen LogP contribution in [0, 0.1) is 0 Å². The fraction of sp³-hybridized carbons (Fsp3) is 0.500. The van der Waals surface area contributed by atoms with E-state index in [0.29, 0.717) is 24.8 Å². The molecule has 0 aromatic carbocycles. The van der Waals surface area contributed by atoms with E-state index in [1.54, 1.807) is 12.3 Å². The highest BCUT2D eigenvalue weighted by Gasteiger charge is 2.08. The highest BCUT2D eigenvalue weighted by Crippen LogP contribution is 2.22. The standard InChI is InChI=1S/C10H15BrN2O2/c1-3-14-6-7(2)15-10-9(12)4-8(11)5-13-10/h4-5,7H,3,6,12H2,1-2H3. The lowest BCUT2D eigenvalue weighted by Gasteiger charge is -2.14. The Morgan fingerprint density at radius 3 is 2.93 bits per heavy atom. The van der Waals surface area contributed by atoms with Gasteiger partial charge in [-0.2, -0.15) is 0 Å². The summed E-state index contributed by atoms with van der Waals surface area (Å²) in [6.45, 7) is 5.07. The molecule has 0 spiro atoms. The van der Waals surface area contributed by atoms with Gasteiger partial charge in [0, 0.05) is 17.3 Å². The van der Waals surface area contributed by atoms with E-state index in [0.717, 1.165) is 4.47 Å². The van der Waals surface area contributed by atoms with Crippen LogP contribution in [0.1, 0.15) is 13.8 Å². The molecule has 4 nitrogen and oxygen atoms in total. The summed E-state index contributed by atoms with van der Waals surface area (Å²) in [7, 11) is 0. The van der Waals surface area contributed by atoms with Crippen molar-refractivity contribution in [3.63, 3.8) is 0 Å². The van der Waals surface area contributed by atoms with E-state index in [2.05, 4.69) is 20.9 Å². The molecule has 0 radical (unpaired) electrons. The van der Waals surface area contributed by atoms with Crippen LogP contribution in [-0.2, 0) is 4.74 Å². The summed E-state index contributed by atoms with van der Waals surface area (Å²) in [5.74, 6) is 0.449. The van der Waals surface area contributed by atoms with Crippen LogP contribution in [0.15, 0.2) is 16.7 Å². The summed E-state index contributed by atoms with van der Waals surface area (Å²) < 4.78 is 11.6. The van der Waals surface area contributed by atoms with E-state index in [1.165, 1.54) is 0 Å². The molecule has 0 saturated heterocycles. The molecule has 0 bridgehead atoms. The van der Waals surface area contributed by atoms with Crippen molar-refractivity contribution in [1.29, 1.82) is 0 Å². The molecule has 1 aromatic heterocycles. The van der Waals surface area contributed by atoms with Crippen molar-refractivity contribution >= 4 is 21.6 Å². The Hall–Kier alpha value is -0.810. The molecule has 5 heteroatoms. The fourth-order valence-corrected chi connectivity index (χ4v) is 1.40. The Bertz CT molecular complexity index is 320. The van der Waals surface area contributed by atoms with Crippen LogP contribution < -0.4 is 10.5 Å². The van der Waals surface area contributed by atoms with Crippen LogP contribution in [0.2, 0.25) is 0 Å². The van der Waals surface area contributed by atoms with Crippen molar-refractivity contribution < 1.29 is 9.47 Å². The minimum Gasteiger partial charge on any atom is -0.471 e. The summed E-state index contributed by atoms with van der Waals surface area (Å²) in [6.07, 6.45) is 1.60. The van der Waals surface area contributed by atoms with Gasteiger partial charge in [0.05, 0.1) is 12.3 Å². The largest absolute Gasteiger partial charge is 0.471 e. The summed E-state index contributed by atoms with van der Waals surface area (Å²) in [5.41, 5.74) is 6.26. The first kappa shape index (κ1) is 12.3. The predicted octanol–water partition coefficient (Wildman–Crippen LogP) is 2.23. The second kappa shape index (κ2) is 5.92. The zero-order chi connectivity index (χ0) is 11.3. The maximum absolute atomic E-state index is 5.74. The van der Waals surface area contributed by atoms with Gasteiger partial charge in [-0.3, -0.25) is 0 Å². The number of halogens is 1. The topological polar surface area (TPSA) is 57.4 Å². The summed E-state index contributed by atoms with van der Waals surface area (Å²) in [5, 5.41) is 0. The highest BCUT2D eigenvalue weighted by atomic mass is 79.9. The smallest absolute Gasteiger partial charge is 0.237 e. The van der Waals surface area contributed by atoms with Crippen molar-refractivity contribution in [2.24, 2.45) is 0 Å². The zero-order valence-corrected chi connectivity index (χ0v) is 10.5. The Morgan fingerprint density at radius 1 is 1.60 bits per heavy atom. The summed E-state index contributed by atoms with van der Waals surface area (Å²) >= 11 is 3.28. The molecule has 0 aliphatic carbocycles. The van der Waals surface area contributed by atoms with E-state index in [4.69, 9.17) is 15.2 Å². The molecule has 1 atom stereocenters. The minimum atomic E-state index is -0.0547. The first-order chi connectivity index (χ1) is 7.13. The molecule has 1 aromatic rings. The third-order valence-corrected chi connectivity index (χ3v) is 2.15. The first-order valence-corrected chi connectivity index (χ1v) is 5.58. The van der Waals surface area contributed by atoms with Crippen LogP contribution in [0.25, 0.3) is 0 Å². The maximum atomic E-state index is 5.74. The fourth-order valence-electron chi connectivity index (χ4n) is 1.05. The Balaban J connectivity index is 2.56. The number of anilines is 1. The number of hydrogen-bond donors (Lipinski definition) is 1. The summed E-state index contributed by atoms with van der Waals surface area (Å²) in [4.78, 5) is 4.08. The van der Waals surface area contributed by atoms with Gasteiger partial charge in [-0.15, -0.1) is 0 Å². The monoisotopic (exact) mass is 274 g/mol. The number of hydrogen-bond acceptors (Lipinski definition) is 4. The van der Waals surface area contributed by atoms with Gasteiger partial charge in [0.1, 0.15) is 6.10 Å². The first-order valence-electron chi connectivity index (χ1n) is 4.79. The number of nitrogen functional groups attached to an aromatic ring is 1. The Labute approximate surface area is 97.9 Å². The maximum Gasteiger partial charge on any atom is 0.237 e. The van der Waals surface area contributed by atoms with E-state index in [1.807, 2.05) is 13.8 Å². The highest BCUT2D eigenvalue weighted by molar-refractivity contribution is 9.10. The average molecular weight is 275 g/mol. The molecule has 1 heterocycles. The van der Waals surface area contributed by atoms with Crippen molar-refractivity contribution in [3.05, 3.63) is 16.7 Å². The number of pyridine rings is 1. The van der Waals surface area contributed by atoms with Gasteiger partial charge < -0.3 is 15.2 Å². The van der Waals surface area contributed by atoms with E-state index < -0.39 is 0 Å². The van der Waals surface area contributed by atoms with Crippen LogP contribution in [0.3, 0.4) is 0 Å². The van der Waals surface area contributed by atoms with Gasteiger partial charge in [-0.05, 0) is 35.8 Å². The third kappa shape index (κ3) is 4.05. The second-order valence-electron chi connectivity index (χ2n) is 3.14. The van der Waals surface area contributed by atoms with Crippen molar-refractivity contribution in [3.8, 4) is 5.88 Å². The molecule has 0 aliphatic rings. The van der Waals surface area contributed by atoms with Crippen LogP contribution in [0.4, 0.5) is 5.69 Å². The number of rotatable bonds is 5. The van der Waals surface area contributed by atoms with E-state index in [9.17, 15) is 0 Å².